The zero-order valence-corrected chi connectivity index (χ0v) is 14.0. The van der Waals surface area contributed by atoms with E-state index >= 15 is 0 Å². The minimum atomic E-state index is 0. The average Bonchev–Trinajstić information content (AvgIpc) is 2.71. The Bertz CT molecular complexity index is 696. The highest BCUT2D eigenvalue weighted by molar-refractivity contribution is 5.53. The minimum absolute atomic E-state index is 0. The van der Waals surface area contributed by atoms with E-state index in [1.165, 1.54) is 0 Å². The van der Waals surface area contributed by atoms with Crippen LogP contribution in [0.2, 0.25) is 0 Å². The fraction of sp³-hybridized carbons (Fsp3) is 0. The van der Waals surface area contributed by atoms with Gasteiger partial charge < -0.3 is 11.0 Å². The summed E-state index contributed by atoms with van der Waals surface area (Å²) in [5.74, 6) is 0. The summed E-state index contributed by atoms with van der Waals surface area (Å²) >= 11 is 0. The SMILES string of the molecule is O.O.c1ccc(-c2ccccn2)nc1.c1ccc(-c2ccccn2)nc1. The van der Waals surface area contributed by atoms with Crippen LogP contribution in [0.15, 0.2) is 97.6 Å². The van der Waals surface area contributed by atoms with E-state index in [1.807, 2.05) is 72.8 Å². The Hall–Kier alpha value is -3.48. The highest BCUT2D eigenvalue weighted by Crippen LogP contribution is 2.11. The molecule has 4 N–H and O–H groups in total. The van der Waals surface area contributed by atoms with Gasteiger partial charge in [0.2, 0.25) is 0 Å². The van der Waals surface area contributed by atoms with Crippen LogP contribution in [0.1, 0.15) is 0 Å². The van der Waals surface area contributed by atoms with Gasteiger partial charge in [-0.3, -0.25) is 19.9 Å². The number of hydrogen-bond donors (Lipinski definition) is 0. The van der Waals surface area contributed by atoms with Crippen molar-refractivity contribution in [3.05, 3.63) is 97.6 Å². The van der Waals surface area contributed by atoms with Crippen LogP contribution in [0.25, 0.3) is 22.8 Å². The van der Waals surface area contributed by atoms with Crippen molar-refractivity contribution in [1.82, 2.24) is 19.9 Å². The number of pyridine rings is 4. The molecule has 132 valence electrons. The van der Waals surface area contributed by atoms with Crippen LogP contribution in [0, 0.1) is 0 Å². The molecule has 0 saturated carbocycles. The lowest BCUT2D eigenvalue weighted by Gasteiger charge is -1.96. The van der Waals surface area contributed by atoms with E-state index in [1.54, 1.807) is 24.8 Å². The predicted octanol–water partition coefficient (Wildman–Crippen LogP) is 2.64. The Labute approximate surface area is 151 Å². The Morgan fingerprint density at radius 1 is 0.346 bits per heavy atom. The molecule has 4 rings (SSSR count). The summed E-state index contributed by atoms with van der Waals surface area (Å²) in [4.78, 5) is 16.7. The van der Waals surface area contributed by atoms with Gasteiger partial charge in [0.05, 0.1) is 22.8 Å². The van der Waals surface area contributed by atoms with Crippen molar-refractivity contribution in [2.24, 2.45) is 0 Å². The summed E-state index contributed by atoms with van der Waals surface area (Å²) in [6, 6.07) is 23.2. The lowest BCUT2D eigenvalue weighted by Crippen LogP contribution is -1.83. The molecule has 6 heteroatoms. The monoisotopic (exact) mass is 348 g/mol. The molecule has 0 radical (unpaired) electrons. The Kier molecular flexibility index (Phi) is 8.81. The number of nitrogens with zero attached hydrogens (tertiary/aromatic N) is 4. The van der Waals surface area contributed by atoms with Crippen molar-refractivity contribution in [2.45, 2.75) is 0 Å². The van der Waals surface area contributed by atoms with Gasteiger partial charge in [0.15, 0.2) is 0 Å². The van der Waals surface area contributed by atoms with Gasteiger partial charge >= 0.3 is 0 Å². The van der Waals surface area contributed by atoms with Gasteiger partial charge in [0.25, 0.3) is 0 Å². The van der Waals surface area contributed by atoms with Crippen LogP contribution in [0.4, 0.5) is 0 Å². The van der Waals surface area contributed by atoms with Crippen LogP contribution >= 0.6 is 0 Å². The van der Waals surface area contributed by atoms with E-state index in [4.69, 9.17) is 0 Å². The van der Waals surface area contributed by atoms with Gasteiger partial charge in [-0.15, -0.1) is 0 Å². The lowest BCUT2D eigenvalue weighted by molar-refractivity contribution is 0.823. The standard InChI is InChI=1S/2C10H8N2.2H2O/c2*1-3-7-11-9(5-1)10-6-2-4-8-12-10;;/h2*1-8H;2*1H2. The van der Waals surface area contributed by atoms with Crippen molar-refractivity contribution >= 4 is 0 Å². The van der Waals surface area contributed by atoms with E-state index < -0.39 is 0 Å². The molecule has 4 aromatic rings. The lowest BCUT2D eigenvalue weighted by atomic mass is 10.2. The zero-order chi connectivity index (χ0) is 16.5. The summed E-state index contributed by atoms with van der Waals surface area (Å²) in [7, 11) is 0. The predicted molar refractivity (Wildman–Crippen MR) is 102 cm³/mol. The Balaban J connectivity index is 0.000000241. The van der Waals surface area contributed by atoms with Gasteiger partial charge in [0.1, 0.15) is 0 Å². The van der Waals surface area contributed by atoms with E-state index in [0.717, 1.165) is 22.8 Å². The van der Waals surface area contributed by atoms with Gasteiger partial charge in [-0.1, -0.05) is 24.3 Å². The van der Waals surface area contributed by atoms with Gasteiger partial charge in [0, 0.05) is 24.8 Å². The normalized spacial score (nSPS) is 8.92. The average molecular weight is 348 g/mol. The molecule has 4 aromatic heterocycles. The van der Waals surface area contributed by atoms with Crippen molar-refractivity contribution in [3.8, 4) is 22.8 Å². The molecule has 0 aromatic carbocycles. The molecule has 0 aliphatic heterocycles. The third-order valence-corrected chi connectivity index (χ3v) is 3.18. The van der Waals surface area contributed by atoms with Crippen molar-refractivity contribution in [3.63, 3.8) is 0 Å². The molecule has 26 heavy (non-hydrogen) atoms. The zero-order valence-electron chi connectivity index (χ0n) is 14.0. The molecule has 0 atom stereocenters. The molecular weight excluding hydrogens is 328 g/mol. The molecule has 0 spiro atoms. The highest BCUT2D eigenvalue weighted by atomic mass is 16.0. The highest BCUT2D eigenvalue weighted by Gasteiger charge is 1.96. The second kappa shape index (κ2) is 11.1. The van der Waals surface area contributed by atoms with Crippen molar-refractivity contribution in [1.29, 1.82) is 0 Å². The van der Waals surface area contributed by atoms with Gasteiger partial charge in [-0.2, -0.15) is 0 Å². The summed E-state index contributed by atoms with van der Waals surface area (Å²) in [5, 5.41) is 0. The van der Waals surface area contributed by atoms with Crippen molar-refractivity contribution in [2.75, 3.05) is 0 Å². The van der Waals surface area contributed by atoms with Gasteiger partial charge in [-0.05, 0) is 48.5 Å². The maximum absolute atomic E-state index is 4.19. The number of hydrogen-bond acceptors (Lipinski definition) is 4. The van der Waals surface area contributed by atoms with Crippen LogP contribution in [-0.2, 0) is 0 Å². The largest absolute Gasteiger partial charge is 0.412 e. The molecule has 0 bridgehead atoms. The van der Waals surface area contributed by atoms with E-state index in [2.05, 4.69) is 19.9 Å². The number of rotatable bonds is 2. The van der Waals surface area contributed by atoms with Gasteiger partial charge in [-0.25, -0.2) is 0 Å². The molecule has 6 nitrogen and oxygen atoms in total. The Morgan fingerprint density at radius 2 is 0.577 bits per heavy atom. The molecule has 0 fully saturated rings. The molecule has 0 aliphatic rings. The quantitative estimate of drug-likeness (QED) is 0.553. The first kappa shape index (κ1) is 20.6. The summed E-state index contributed by atoms with van der Waals surface area (Å²) in [6.07, 6.45) is 7.07. The molecular formula is C20H20N4O2. The summed E-state index contributed by atoms with van der Waals surface area (Å²) < 4.78 is 0. The number of aromatic nitrogens is 4. The Morgan fingerprint density at radius 3 is 0.731 bits per heavy atom. The van der Waals surface area contributed by atoms with Crippen LogP contribution in [0.5, 0.6) is 0 Å². The van der Waals surface area contributed by atoms with Crippen LogP contribution < -0.4 is 0 Å². The van der Waals surface area contributed by atoms with E-state index in [9.17, 15) is 0 Å². The second-order valence-electron chi connectivity index (χ2n) is 4.86. The molecule has 0 aliphatic carbocycles. The summed E-state index contributed by atoms with van der Waals surface area (Å²) in [5.41, 5.74) is 3.66. The minimum Gasteiger partial charge on any atom is -0.412 e. The smallest absolute Gasteiger partial charge is 0.0886 e. The van der Waals surface area contributed by atoms with Crippen LogP contribution in [0.3, 0.4) is 0 Å². The maximum atomic E-state index is 4.19. The molecule has 4 heterocycles. The molecule has 0 saturated heterocycles. The van der Waals surface area contributed by atoms with Crippen LogP contribution in [-0.4, -0.2) is 30.9 Å². The fourth-order valence-electron chi connectivity index (χ4n) is 2.06. The summed E-state index contributed by atoms with van der Waals surface area (Å²) in [6.45, 7) is 0. The third kappa shape index (κ3) is 5.86. The fourth-order valence-corrected chi connectivity index (χ4v) is 2.06. The molecule has 0 amide bonds. The second-order valence-corrected chi connectivity index (χ2v) is 4.86. The van der Waals surface area contributed by atoms with E-state index in [0.29, 0.717) is 0 Å². The van der Waals surface area contributed by atoms with Crippen molar-refractivity contribution < 1.29 is 11.0 Å². The maximum Gasteiger partial charge on any atom is 0.0886 e. The first-order valence-corrected chi connectivity index (χ1v) is 7.58. The first-order valence-electron chi connectivity index (χ1n) is 7.58. The molecule has 0 unspecified atom stereocenters. The first-order chi connectivity index (χ1) is 11.9. The third-order valence-electron chi connectivity index (χ3n) is 3.18. The van der Waals surface area contributed by atoms with E-state index in [-0.39, 0.29) is 11.0 Å². The topological polar surface area (TPSA) is 115 Å².